The number of unbranched alkanes of at least 4 members (excludes halogenated alkanes) is 1. The molecular formula is C44H68N12O13. The van der Waals surface area contributed by atoms with Crippen molar-refractivity contribution in [2.45, 2.75) is 128 Å². The fourth-order valence-electron chi connectivity index (χ4n) is 6.59. The number of phenols is 1. The Kier molecular flexibility index (Phi) is 24.8. The highest BCUT2D eigenvalue weighted by Crippen LogP contribution is 2.13. The molecule has 69 heavy (non-hydrogen) atoms. The van der Waals surface area contributed by atoms with Gasteiger partial charge in [0.15, 0.2) is 0 Å². The lowest BCUT2D eigenvalue weighted by atomic mass is 10.0. The summed E-state index contributed by atoms with van der Waals surface area (Å²) in [5, 5.41) is 48.6. The summed E-state index contributed by atoms with van der Waals surface area (Å²) in [6.45, 7) is 7.15. The number of aromatic nitrogens is 2. The van der Waals surface area contributed by atoms with Gasteiger partial charge in [-0.15, -0.1) is 0 Å². The van der Waals surface area contributed by atoms with Crippen LogP contribution in [0.15, 0.2) is 36.8 Å². The Bertz CT molecular complexity index is 2050. The number of hydrogen-bond acceptors (Lipinski definition) is 14. The third kappa shape index (κ3) is 22.0. The molecule has 0 fully saturated rings. The Labute approximate surface area is 399 Å². The second kappa shape index (κ2) is 29.6. The Morgan fingerprint density at radius 1 is 0.638 bits per heavy atom. The number of imidazole rings is 1. The molecule has 0 unspecified atom stereocenters. The van der Waals surface area contributed by atoms with Crippen molar-refractivity contribution in [1.82, 2.24) is 52.5 Å². The zero-order chi connectivity index (χ0) is 51.8. The number of benzene rings is 1. The lowest BCUT2D eigenvalue weighted by Gasteiger charge is -2.28. The number of nitrogens with two attached hydrogens (primary N) is 2. The number of nitrogens with zero attached hydrogens (tertiary/aromatic N) is 1. The molecule has 1 aromatic carbocycles. The van der Waals surface area contributed by atoms with Crippen molar-refractivity contribution in [1.29, 1.82) is 0 Å². The van der Waals surface area contributed by atoms with E-state index in [-0.39, 0.29) is 37.4 Å². The number of aromatic amines is 1. The molecular weight excluding hydrogens is 905 g/mol. The monoisotopic (exact) mass is 973 g/mol. The molecule has 8 amide bonds. The Morgan fingerprint density at radius 2 is 1.17 bits per heavy atom. The van der Waals surface area contributed by atoms with E-state index in [0.29, 0.717) is 30.6 Å². The zero-order valence-electron chi connectivity index (χ0n) is 39.5. The maximum Gasteiger partial charge on any atom is 0.326 e. The largest absolute Gasteiger partial charge is 0.508 e. The highest BCUT2D eigenvalue weighted by Gasteiger charge is 2.34. The molecule has 0 aliphatic carbocycles. The first-order chi connectivity index (χ1) is 32.5. The lowest BCUT2D eigenvalue weighted by molar-refractivity contribution is -0.142. The molecule has 0 saturated heterocycles. The highest BCUT2D eigenvalue weighted by molar-refractivity contribution is 5.97. The van der Waals surface area contributed by atoms with Gasteiger partial charge in [0.25, 0.3) is 0 Å². The number of carbonyl (C=O) groups excluding carboxylic acids is 8. The number of amides is 8. The number of nitrogens with one attached hydrogen (secondary N) is 9. The van der Waals surface area contributed by atoms with E-state index in [1.807, 2.05) is 0 Å². The molecule has 25 heteroatoms. The second-order valence-corrected chi connectivity index (χ2v) is 17.2. The predicted molar refractivity (Wildman–Crippen MR) is 247 cm³/mol. The molecule has 0 radical (unpaired) electrons. The summed E-state index contributed by atoms with van der Waals surface area (Å²) in [4.78, 5) is 137. The summed E-state index contributed by atoms with van der Waals surface area (Å²) in [6.07, 6.45) is 2.55. The third-order valence-electron chi connectivity index (χ3n) is 10.3. The SMILES string of the molecule is CC(C)C[C@H](NC(=O)CNC(=O)[C@H](Cc1cnc[nH]1)NC(=O)[C@@H](NC(=O)[C@H](CCC(=O)O)NC(=O)[C@H](Cc1ccc(O)cc1)NC(=O)CNC(=O)[C@H](CCCCN)NC(=O)[C@H](C)N)C(C)C)C(=O)O. The first kappa shape index (κ1) is 58.0. The molecule has 2 aromatic rings. The Morgan fingerprint density at radius 3 is 1.70 bits per heavy atom. The van der Waals surface area contributed by atoms with Crippen LogP contribution in [0.3, 0.4) is 0 Å². The van der Waals surface area contributed by atoms with Crippen molar-refractivity contribution in [3.8, 4) is 5.75 Å². The van der Waals surface area contributed by atoms with Gasteiger partial charge in [0, 0.05) is 31.2 Å². The van der Waals surface area contributed by atoms with Crippen molar-refractivity contribution < 1.29 is 63.3 Å². The first-order valence-corrected chi connectivity index (χ1v) is 22.5. The van der Waals surface area contributed by atoms with Crippen LogP contribution in [0.1, 0.15) is 84.4 Å². The lowest BCUT2D eigenvalue weighted by Crippen LogP contribution is -2.60. The van der Waals surface area contributed by atoms with Crippen molar-refractivity contribution in [2.75, 3.05) is 19.6 Å². The summed E-state index contributed by atoms with van der Waals surface area (Å²) in [7, 11) is 0. The summed E-state index contributed by atoms with van der Waals surface area (Å²) in [5.41, 5.74) is 12.1. The number of carboxylic acid groups (broad SMARTS) is 2. The average molecular weight is 973 g/mol. The maximum absolute atomic E-state index is 14.0. The van der Waals surface area contributed by atoms with Gasteiger partial charge in [0.05, 0.1) is 25.5 Å². The number of carboxylic acids is 2. The van der Waals surface area contributed by atoms with E-state index in [1.54, 1.807) is 27.7 Å². The van der Waals surface area contributed by atoms with E-state index in [0.717, 1.165) is 0 Å². The van der Waals surface area contributed by atoms with Crippen LogP contribution in [0.25, 0.3) is 0 Å². The number of aliphatic carboxylic acids is 2. The molecule has 0 bridgehead atoms. The molecule has 7 atom stereocenters. The number of aromatic hydroxyl groups is 1. The van der Waals surface area contributed by atoms with Crippen molar-refractivity contribution in [2.24, 2.45) is 23.3 Å². The van der Waals surface area contributed by atoms with Crippen LogP contribution < -0.4 is 54.0 Å². The fourth-order valence-corrected chi connectivity index (χ4v) is 6.59. The van der Waals surface area contributed by atoms with Gasteiger partial charge in [-0.3, -0.25) is 43.2 Å². The van der Waals surface area contributed by atoms with Crippen LogP contribution in [0, 0.1) is 11.8 Å². The zero-order valence-corrected chi connectivity index (χ0v) is 39.5. The minimum absolute atomic E-state index is 0.0670. The normalized spacial score (nSPS) is 14.1. The number of rotatable bonds is 31. The number of phenolic OH excluding ortho intramolecular Hbond substituents is 1. The summed E-state index contributed by atoms with van der Waals surface area (Å²) in [6, 6.07) is -3.45. The van der Waals surface area contributed by atoms with Gasteiger partial charge >= 0.3 is 11.9 Å². The van der Waals surface area contributed by atoms with Crippen LogP contribution in [0.2, 0.25) is 0 Å². The number of H-pyrrole nitrogens is 1. The fraction of sp³-hybridized carbons (Fsp3) is 0.568. The molecule has 0 spiro atoms. The van der Waals surface area contributed by atoms with E-state index in [2.05, 4.69) is 52.5 Å². The van der Waals surface area contributed by atoms with E-state index >= 15 is 0 Å². The summed E-state index contributed by atoms with van der Waals surface area (Å²) in [5.74, 6) is -10.1. The molecule has 16 N–H and O–H groups in total. The van der Waals surface area contributed by atoms with Crippen LogP contribution in [-0.4, -0.2) is 146 Å². The van der Waals surface area contributed by atoms with Gasteiger partial charge < -0.3 is 74.3 Å². The van der Waals surface area contributed by atoms with Gasteiger partial charge in [0.2, 0.25) is 47.3 Å². The van der Waals surface area contributed by atoms with E-state index in [4.69, 9.17) is 11.5 Å². The van der Waals surface area contributed by atoms with Crippen molar-refractivity contribution >= 4 is 59.2 Å². The van der Waals surface area contributed by atoms with Gasteiger partial charge in [-0.2, -0.15) is 0 Å². The van der Waals surface area contributed by atoms with Crippen molar-refractivity contribution in [3.63, 3.8) is 0 Å². The smallest absolute Gasteiger partial charge is 0.326 e. The van der Waals surface area contributed by atoms with E-state index < -0.39 is 133 Å². The topological polar surface area (TPSA) is 408 Å². The molecule has 25 nitrogen and oxygen atoms in total. The first-order valence-electron chi connectivity index (χ1n) is 22.5. The second-order valence-electron chi connectivity index (χ2n) is 17.2. The molecule has 382 valence electrons. The molecule has 0 saturated carbocycles. The van der Waals surface area contributed by atoms with Crippen LogP contribution in [0.4, 0.5) is 0 Å². The van der Waals surface area contributed by atoms with E-state index in [1.165, 1.54) is 43.7 Å². The van der Waals surface area contributed by atoms with Crippen molar-refractivity contribution in [3.05, 3.63) is 48.0 Å². The summed E-state index contributed by atoms with van der Waals surface area (Å²) >= 11 is 0. The molecule has 0 aliphatic heterocycles. The Hall–Kier alpha value is -7.15. The van der Waals surface area contributed by atoms with Gasteiger partial charge in [0.1, 0.15) is 42.0 Å². The average Bonchev–Trinajstić information content (AvgIpc) is 3.80. The van der Waals surface area contributed by atoms with Crippen LogP contribution in [-0.2, 0) is 60.8 Å². The minimum atomic E-state index is -1.61. The third-order valence-corrected chi connectivity index (χ3v) is 10.3. The van der Waals surface area contributed by atoms with Gasteiger partial charge in [-0.25, -0.2) is 9.78 Å². The Balaban J connectivity index is 2.32. The standard InChI is InChI=1S/C44H68N12O13/c1-23(2)16-33(44(68)69)52-35(59)21-49-40(64)32(18-27-19-47-22-50-27)55-43(67)37(24(3)4)56-41(65)30(13-14-36(60)61)54-42(66)31(17-26-9-11-28(57)12-10-26)51-34(58)20-48-39(63)29(8-6-7-15-45)53-38(62)25(5)46/h9-12,19,22-25,29-33,37,57H,6-8,13-18,20-21,45-46H2,1-5H3,(H,47,50)(H,48,63)(H,49,64)(H,51,58)(H,52,59)(H,53,62)(H,54,66)(H,55,67)(H,56,65)(H,60,61)(H,68,69)/t25-,29-,30-,31-,32-,33-,37-/m0/s1. The molecule has 1 heterocycles. The minimum Gasteiger partial charge on any atom is -0.508 e. The summed E-state index contributed by atoms with van der Waals surface area (Å²) < 4.78 is 0. The molecule has 0 aliphatic rings. The number of carbonyl (C=O) groups is 10. The highest BCUT2D eigenvalue weighted by atomic mass is 16.4. The maximum atomic E-state index is 14.0. The number of hydrogen-bond donors (Lipinski definition) is 14. The van der Waals surface area contributed by atoms with Gasteiger partial charge in [-0.1, -0.05) is 39.8 Å². The quantitative estimate of drug-likeness (QED) is 0.0339. The predicted octanol–water partition coefficient (Wildman–Crippen LogP) is -2.83. The molecule has 2 rings (SSSR count). The molecule has 1 aromatic heterocycles. The van der Waals surface area contributed by atoms with Crippen LogP contribution in [0.5, 0.6) is 5.75 Å². The van der Waals surface area contributed by atoms with Gasteiger partial charge in [-0.05, 0) is 75.1 Å². The van der Waals surface area contributed by atoms with E-state index in [9.17, 15) is 63.3 Å². The van der Waals surface area contributed by atoms with Crippen LogP contribution >= 0.6 is 0 Å².